The predicted molar refractivity (Wildman–Crippen MR) is 93.4 cm³/mol. The highest BCUT2D eigenvalue weighted by Gasteiger charge is 2.16. The second kappa shape index (κ2) is 5.76. The fourth-order valence-corrected chi connectivity index (χ4v) is 3.24. The van der Waals surface area contributed by atoms with E-state index in [4.69, 9.17) is 4.98 Å². The minimum atomic E-state index is 1.04. The fourth-order valence-electron chi connectivity index (χ4n) is 3.24. The van der Waals surface area contributed by atoms with E-state index in [1.54, 1.807) is 0 Å². The molecule has 108 valence electrons. The van der Waals surface area contributed by atoms with Gasteiger partial charge in [0.1, 0.15) is 0 Å². The molecule has 0 saturated heterocycles. The zero-order chi connectivity index (χ0) is 14.8. The lowest BCUT2D eigenvalue weighted by molar-refractivity contribution is 0.917. The minimum absolute atomic E-state index is 1.04. The van der Waals surface area contributed by atoms with Crippen LogP contribution in [0.5, 0.6) is 0 Å². The highest BCUT2D eigenvalue weighted by Crippen LogP contribution is 2.33. The van der Waals surface area contributed by atoms with Crippen LogP contribution in [-0.4, -0.2) is 4.98 Å². The Hall–Kier alpha value is -2.41. The van der Waals surface area contributed by atoms with Crippen molar-refractivity contribution < 1.29 is 0 Å². The zero-order valence-electron chi connectivity index (χ0n) is 12.6. The monoisotopic (exact) mass is 285 g/mol. The molecule has 2 aliphatic rings. The van der Waals surface area contributed by atoms with Crippen molar-refractivity contribution in [2.75, 3.05) is 0 Å². The van der Waals surface area contributed by atoms with Crippen LogP contribution in [0.25, 0.3) is 22.8 Å². The lowest BCUT2D eigenvalue weighted by Gasteiger charge is -2.18. The Bertz CT molecular complexity index is 779. The van der Waals surface area contributed by atoms with E-state index in [0.29, 0.717) is 0 Å². The second-order valence-electron chi connectivity index (χ2n) is 5.88. The molecule has 0 aliphatic heterocycles. The quantitative estimate of drug-likeness (QED) is 0.715. The van der Waals surface area contributed by atoms with Crippen LogP contribution < -0.4 is 0 Å². The van der Waals surface area contributed by atoms with Crippen LogP contribution in [0, 0.1) is 0 Å². The van der Waals surface area contributed by atoms with Gasteiger partial charge in [0.2, 0.25) is 0 Å². The smallest absolute Gasteiger partial charge is 0.0671 e. The molecule has 4 rings (SSSR count). The summed E-state index contributed by atoms with van der Waals surface area (Å²) in [7, 11) is 0. The largest absolute Gasteiger partial charge is 0.253 e. The second-order valence-corrected chi connectivity index (χ2v) is 5.88. The third kappa shape index (κ3) is 2.43. The van der Waals surface area contributed by atoms with Crippen LogP contribution in [0.2, 0.25) is 0 Å². The first-order chi connectivity index (χ1) is 10.9. The van der Waals surface area contributed by atoms with Crippen LogP contribution >= 0.6 is 0 Å². The molecule has 1 aromatic carbocycles. The van der Waals surface area contributed by atoms with E-state index < -0.39 is 0 Å². The number of fused-ring (bicyclic) bond motifs is 1. The lowest BCUT2D eigenvalue weighted by Crippen LogP contribution is -2.04. The Morgan fingerprint density at radius 2 is 1.77 bits per heavy atom. The molecule has 1 heteroatoms. The fraction of sp³-hybridized carbons (Fsp3) is 0.190. The Morgan fingerprint density at radius 3 is 2.59 bits per heavy atom. The predicted octanol–water partition coefficient (Wildman–Crippen LogP) is 5.44. The van der Waals surface area contributed by atoms with E-state index in [1.165, 1.54) is 28.0 Å². The summed E-state index contributed by atoms with van der Waals surface area (Å²) in [5.74, 6) is 0. The van der Waals surface area contributed by atoms with E-state index in [0.717, 1.165) is 31.4 Å². The summed E-state index contributed by atoms with van der Waals surface area (Å²) < 4.78 is 0. The number of nitrogens with zero attached hydrogens (tertiary/aromatic N) is 1. The highest BCUT2D eigenvalue weighted by atomic mass is 14.7. The zero-order valence-corrected chi connectivity index (χ0v) is 12.6. The van der Waals surface area contributed by atoms with E-state index in [-0.39, 0.29) is 0 Å². The Labute approximate surface area is 131 Å². The summed E-state index contributed by atoms with van der Waals surface area (Å²) in [5, 5.41) is 0. The molecule has 0 saturated carbocycles. The van der Waals surface area contributed by atoms with Crippen molar-refractivity contribution in [1.82, 2.24) is 4.98 Å². The number of hydrogen-bond acceptors (Lipinski definition) is 1. The average Bonchev–Trinajstić information content (AvgIpc) is 2.62. The Kier molecular flexibility index (Phi) is 3.48. The van der Waals surface area contributed by atoms with Gasteiger partial charge in [-0.1, -0.05) is 60.7 Å². The van der Waals surface area contributed by atoms with Crippen LogP contribution in [0.3, 0.4) is 0 Å². The first-order valence-corrected chi connectivity index (χ1v) is 8.04. The molecule has 2 aliphatic carbocycles. The van der Waals surface area contributed by atoms with Crippen LogP contribution in [0.1, 0.15) is 36.2 Å². The molecule has 2 aromatic rings. The van der Waals surface area contributed by atoms with Gasteiger partial charge in [-0.2, -0.15) is 0 Å². The van der Waals surface area contributed by atoms with Gasteiger partial charge in [0.05, 0.1) is 5.69 Å². The first kappa shape index (κ1) is 13.3. The molecule has 0 fully saturated rings. The Morgan fingerprint density at radius 1 is 0.909 bits per heavy atom. The summed E-state index contributed by atoms with van der Waals surface area (Å²) in [4.78, 5) is 4.97. The van der Waals surface area contributed by atoms with Gasteiger partial charge in [0.15, 0.2) is 0 Å². The van der Waals surface area contributed by atoms with Gasteiger partial charge in [0, 0.05) is 11.3 Å². The molecule has 22 heavy (non-hydrogen) atoms. The molecule has 0 unspecified atom stereocenters. The van der Waals surface area contributed by atoms with Crippen LogP contribution in [0.4, 0.5) is 0 Å². The number of benzene rings is 1. The normalized spacial score (nSPS) is 16.3. The molecule has 0 bridgehead atoms. The Balaban J connectivity index is 1.91. The molecule has 1 aromatic heterocycles. The van der Waals surface area contributed by atoms with Gasteiger partial charge in [0.25, 0.3) is 0 Å². The van der Waals surface area contributed by atoms with E-state index in [1.807, 2.05) is 0 Å². The molecule has 0 amide bonds. The van der Waals surface area contributed by atoms with Crippen molar-refractivity contribution in [3.05, 3.63) is 77.7 Å². The number of aryl methyl sites for hydroxylation is 1. The average molecular weight is 285 g/mol. The molecular formula is C21H19N. The number of pyridine rings is 1. The summed E-state index contributed by atoms with van der Waals surface area (Å²) in [5.41, 5.74) is 7.64. The van der Waals surface area contributed by atoms with Gasteiger partial charge in [-0.05, 0) is 48.4 Å². The summed E-state index contributed by atoms with van der Waals surface area (Å²) in [6.45, 7) is 0. The molecule has 0 atom stereocenters. The third-order valence-electron chi connectivity index (χ3n) is 4.40. The number of allylic oxidation sites excluding steroid dienone is 5. The molecule has 0 radical (unpaired) electrons. The van der Waals surface area contributed by atoms with Crippen molar-refractivity contribution in [1.29, 1.82) is 0 Å². The van der Waals surface area contributed by atoms with Gasteiger partial charge in [-0.25, -0.2) is 0 Å². The number of aromatic nitrogens is 1. The van der Waals surface area contributed by atoms with Crippen molar-refractivity contribution in [3.63, 3.8) is 0 Å². The maximum Gasteiger partial charge on any atom is 0.0671 e. The van der Waals surface area contributed by atoms with Crippen LogP contribution in [0.15, 0.2) is 60.7 Å². The van der Waals surface area contributed by atoms with Gasteiger partial charge in [-0.3, -0.25) is 4.98 Å². The number of rotatable bonds is 2. The van der Waals surface area contributed by atoms with E-state index >= 15 is 0 Å². The maximum atomic E-state index is 4.97. The highest BCUT2D eigenvalue weighted by molar-refractivity contribution is 5.80. The van der Waals surface area contributed by atoms with Gasteiger partial charge >= 0.3 is 0 Å². The molecule has 1 heterocycles. The van der Waals surface area contributed by atoms with Gasteiger partial charge < -0.3 is 0 Å². The summed E-state index contributed by atoms with van der Waals surface area (Å²) in [6, 6.07) is 12.9. The van der Waals surface area contributed by atoms with Crippen LogP contribution in [-0.2, 0) is 6.42 Å². The molecule has 0 spiro atoms. The van der Waals surface area contributed by atoms with Crippen molar-refractivity contribution in [2.45, 2.75) is 25.7 Å². The topological polar surface area (TPSA) is 12.9 Å². The molecule has 1 nitrogen and oxygen atoms in total. The molecule has 0 N–H and O–H groups in total. The van der Waals surface area contributed by atoms with E-state index in [9.17, 15) is 0 Å². The summed E-state index contributed by atoms with van der Waals surface area (Å²) >= 11 is 0. The van der Waals surface area contributed by atoms with Gasteiger partial charge in [-0.15, -0.1) is 0 Å². The van der Waals surface area contributed by atoms with Crippen molar-refractivity contribution in [3.8, 4) is 11.1 Å². The van der Waals surface area contributed by atoms with Crippen molar-refractivity contribution >= 4 is 11.6 Å². The maximum absolute atomic E-state index is 4.97. The minimum Gasteiger partial charge on any atom is -0.253 e. The first-order valence-electron chi connectivity index (χ1n) is 8.04. The standard InChI is InChI=1S/C21H19N/c1-3-9-16(10-4-1)19-15-21(17-11-5-2-6-12-17)22-20-14-8-7-13-18(19)20/h1-5,7,9-11,13,15H,6,8,12,14H2. The molecular weight excluding hydrogens is 266 g/mol. The SMILES string of the molecule is C1=CCCC(c2cc(-c3ccccc3)c3c(n2)CCC=C3)=C1. The number of hydrogen-bond donors (Lipinski definition) is 0. The third-order valence-corrected chi connectivity index (χ3v) is 4.40. The lowest BCUT2D eigenvalue weighted by atomic mass is 9.91. The summed E-state index contributed by atoms with van der Waals surface area (Å²) in [6.07, 6.45) is 15.4. The van der Waals surface area contributed by atoms with E-state index in [2.05, 4.69) is 66.8 Å². The van der Waals surface area contributed by atoms with Crippen molar-refractivity contribution in [2.24, 2.45) is 0 Å².